The molecule has 140 valence electrons. The van der Waals surface area contributed by atoms with E-state index in [2.05, 4.69) is 5.32 Å². The molecule has 0 radical (unpaired) electrons. The molecule has 0 unspecified atom stereocenters. The van der Waals surface area contributed by atoms with Gasteiger partial charge in [-0.05, 0) is 42.4 Å². The third-order valence-electron chi connectivity index (χ3n) is 4.31. The number of para-hydroxylation sites is 1. The molecule has 0 spiro atoms. The minimum Gasteiger partial charge on any atom is -0.325 e. The van der Waals surface area contributed by atoms with Crippen molar-refractivity contribution < 1.29 is 13.2 Å². The standard InChI is InChI=1S/C21H27NO3S/c1-16(2)19-13-7-9-17(3)21(19)22-20(23)15-26(24,25)14-8-12-18-10-5-4-6-11-18/h4-7,9-11,13,16H,8,12,14-15H2,1-3H3,(H,22,23). The van der Waals surface area contributed by atoms with E-state index in [-0.39, 0.29) is 11.7 Å². The van der Waals surface area contributed by atoms with Gasteiger partial charge in [0.2, 0.25) is 5.91 Å². The van der Waals surface area contributed by atoms with Gasteiger partial charge >= 0.3 is 0 Å². The SMILES string of the molecule is Cc1cccc(C(C)C)c1NC(=O)CS(=O)(=O)CCCc1ccccc1. The van der Waals surface area contributed by atoms with Gasteiger partial charge in [0.05, 0.1) is 5.75 Å². The Balaban J connectivity index is 1.94. The number of rotatable bonds is 8. The van der Waals surface area contributed by atoms with E-state index in [1.165, 1.54) is 0 Å². The Labute approximate surface area is 156 Å². The average Bonchev–Trinajstić information content (AvgIpc) is 2.56. The van der Waals surface area contributed by atoms with Crippen LogP contribution in [0.2, 0.25) is 0 Å². The maximum atomic E-state index is 12.3. The summed E-state index contributed by atoms with van der Waals surface area (Å²) in [5.74, 6) is -0.693. The van der Waals surface area contributed by atoms with Crippen LogP contribution in [0.3, 0.4) is 0 Å². The molecular formula is C21H27NO3S. The summed E-state index contributed by atoms with van der Waals surface area (Å²) in [6.45, 7) is 6.01. The Bertz CT molecular complexity index is 843. The Morgan fingerprint density at radius 1 is 1.04 bits per heavy atom. The number of hydrogen-bond acceptors (Lipinski definition) is 3. The van der Waals surface area contributed by atoms with Gasteiger partial charge in [0, 0.05) is 5.69 Å². The molecule has 2 rings (SSSR count). The van der Waals surface area contributed by atoms with E-state index >= 15 is 0 Å². The second kappa shape index (κ2) is 8.99. The van der Waals surface area contributed by atoms with Crippen molar-refractivity contribution in [3.63, 3.8) is 0 Å². The highest BCUT2D eigenvalue weighted by molar-refractivity contribution is 7.92. The molecule has 1 N–H and O–H groups in total. The third kappa shape index (κ3) is 5.99. The molecule has 5 heteroatoms. The number of hydrogen-bond donors (Lipinski definition) is 1. The second-order valence-electron chi connectivity index (χ2n) is 6.92. The van der Waals surface area contributed by atoms with E-state index in [1.807, 2.05) is 69.3 Å². The summed E-state index contributed by atoms with van der Waals surface area (Å²) in [5.41, 5.74) is 3.78. The molecule has 2 aromatic rings. The number of anilines is 1. The van der Waals surface area contributed by atoms with Gasteiger partial charge in [-0.25, -0.2) is 8.42 Å². The molecule has 0 fully saturated rings. The molecule has 0 aliphatic rings. The van der Waals surface area contributed by atoms with Crippen molar-refractivity contribution in [1.29, 1.82) is 0 Å². The van der Waals surface area contributed by atoms with Crippen molar-refractivity contribution in [1.82, 2.24) is 0 Å². The Kier molecular flexibility index (Phi) is 6.98. The smallest absolute Gasteiger partial charge is 0.239 e. The summed E-state index contributed by atoms with van der Waals surface area (Å²) in [7, 11) is -3.43. The van der Waals surface area contributed by atoms with Crippen LogP contribution >= 0.6 is 0 Å². The Hall–Kier alpha value is -2.14. The summed E-state index contributed by atoms with van der Waals surface area (Å²) in [5, 5.41) is 2.81. The number of amides is 1. The van der Waals surface area contributed by atoms with Crippen LogP contribution in [0, 0.1) is 6.92 Å². The fourth-order valence-electron chi connectivity index (χ4n) is 2.93. The van der Waals surface area contributed by atoms with E-state index in [9.17, 15) is 13.2 Å². The first-order chi connectivity index (χ1) is 12.3. The van der Waals surface area contributed by atoms with Gasteiger partial charge in [0.25, 0.3) is 0 Å². The Morgan fingerprint density at radius 3 is 2.38 bits per heavy atom. The number of aryl methyl sites for hydroxylation is 2. The van der Waals surface area contributed by atoms with Crippen LogP contribution in [-0.4, -0.2) is 25.8 Å². The van der Waals surface area contributed by atoms with Crippen molar-refractivity contribution in [3.05, 3.63) is 65.2 Å². The highest BCUT2D eigenvalue weighted by Gasteiger charge is 2.19. The molecule has 0 atom stereocenters. The van der Waals surface area contributed by atoms with Crippen LogP contribution < -0.4 is 5.32 Å². The molecule has 26 heavy (non-hydrogen) atoms. The molecule has 1 amide bonds. The minimum atomic E-state index is -3.43. The van der Waals surface area contributed by atoms with Crippen LogP contribution in [0.5, 0.6) is 0 Å². The van der Waals surface area contributed by atoms with Crippen LogP contribution in [0.4, 0.5) is 5.69 Å². The first-order valence-electron chi connectivity index (χ1n) is 8.92. The molecule has 0 bridgehead atoms. The lowest BCUT2D eigenvalue weighted by Crippen LogP contribution is -2.25. The second-order valence-corrected chi connectivity index (χ2v) is 9.11. The molecule has 0 aliphatic carbocycles. The van der Waals surface area contributed by atoms with E-state index < -0.39 is 21.5 Å². The minimum absolute atomic E-state index is 0.0140. The predicted octanol–water partition coefficient (Wildman–Crippen LogP) is 4.10. The maximum Gasteiger partial charge on any atom is 0.239 e. The molecule has 0 heterocycles. The normalized spacial score (nSPS) is 11.5. The van der Waals surface area contributed by atoms with Crippen molar-refractivity contribution in [2.45, 2.75) is 39.5 Å². The van der Waals surface area contributed by atoms with Crippen LogP contribution in [-0.2, 0) is 21.1 Å². The predicted molar refractivity (Wildman–Crippen MR) is 107 cm³/mol. The fourth-order valence-corrected chi connectivity index (χ4v) is 4.13. The highest BCUT2D eigenvalue weighted by atomic mass is 32.2. The zero-order chi connectivity index (χ0) is 19.2. The van der Waals surface area contributed by atoms with Crippen LogP contribution in [0.1, 0.15) is 42.9 Å². The highest BCUT2D eigenvalue weighted by Crippen LogP contribution is 2.27. The molecule has 4 nitrogen and oxygen atoms in total. The van der Waals surface area contributed by atoms with Crippen molar-refractivity contribution >= 4 is 21.4 Å². The van der Waals surface area contributed by atoms with Gasteiger partial charge < -0.3 is 5.32 Å². The zero-order valence-electron chi connectivity index (χ0n) is 15.7. The Morgan fingerprint density at radius 2 is 1.73 bits per heavy atom. The number of carbonyl (C=O) groups is 1. The summed E-state index contributed by atoms with van der Waals surface area (Å²) >= 11 is 0. The maximum absolute atomic E-state index is 12.3. The molecular weight excluding hydrogens is 346 g/mol. The van der Waals surface area contributed by atoms with Gasteiger partial charge in [0.15, 0.2) is 9.84 Å². The molecule has 0 aromatic heterocycles. The fraction of sp³-hybridized carbons (Fsp3) is 0.381. The molecule has 2 aromatic carbocycles. The van der Waals surface area contributed by atoms with Crippen LogP contribution in [0.15, 0.2) is 48.5 Å². The van der Waals surface area contributed by atoms with Crippen molar-refractivity contribution in [3.8, 4) is 0 Å². The van der Waals surface area contributed by atoms with Crippen molar-refractivity contribution in [2.75, 3.05) is 16.8 Å². The summed E-state index contributed by atoms with van der Waals surface area (Å²) in [4.78, 5) is 12.3. The van der Waals surface area contributed by atoms with E-state index in [1.54, 1.807) is 0 Å². The van der Waals surface area contributed by atoms with Crippen LogP contribution in [0.25, 0.3) is 0 Å². The lowest BCUT2D eigenvalue weighted by Gasteiger charge is -2.16. The summed E-state index contributed by atoms with van der Waals surface area (Å²) < 4.78 is 24.5. The topological polar surface area (TPSA) is 63.2 Å². The van der Waals surface area contributed by atoms with Gasteiger partial charge in [-0.1, -0.05) is 62.4 Å². The zero-order valence-corrected chi connectivity index (χ0v) is 16.5. The van der Waals surface area contributed by atoms with Gasteiger partial charge in [-0.2, -0.15) is 0 Å². The number of nitrogens with one attached hydrogen (secondary N) is 1. The van der Waals surface area contributed by atoms with E-state index in [4.69, 9.17) is 0 Å². The molecule has 0 saturated carbocycles. The molecule has 0 aliphatic heterocycles. The van der Waals surface area contributed by atoms with Gasteiger partial charge in [0.1, 0.15) is 5.75 Å². The third-order valence-corrected chi connectivity index (χ3v) is 5.92. The quantitative estimate of drug-likeness (QED) is 0.757. The van der Waals surface area contributed by atoms with E-state index in [0.29, 0.717) is 12.8 Å². The first-order valence-corrected chi connectivity index (χ1v) is 10.7. The lowest BCUT2D eigenvalue weighted by atomic mass is 9.98. The summed E-state index contributed by atoms with van der Waals surface area (Å²) in [6.07, 6.45) is 1.21. The molecule has 0 saturated heterocycles. The van der Waals surface area contributed by atoms with E-state index in [0.717, 1.165) is 22.4 Å². The largest absolute Gasteiger partial charge is 0.325 e. The van der Waals surface area contributed by atoms with Gasteiger partial charge in [-0.15, -0.1) is 0 Å². The number of benzene rings is 2. The van der Waals surface area contributed by atoms with Crippen molar-refractivity contribution in [2.24, 2.45) is 0 Å². The number of sulfone groups is 1. The number of carbonyl (C=O) groups excluding carboxylic acids is 1. The summed E-state index contributed by atoms with van der Waals surface area (Å²) in [6, 6.07) is 15.6. The first kappa shape index (κ1) is 20.2. The van der Waals surface area contributed by atoms with Gasteiger partial charge in [-0.3, -0.25) is 4.79 Å². The monoisotopic (exact) mass is 373 g/mol. The lowest BCUT2D eigenvalue weighted by molar-refractivity contribution is -0.113. The average molecular weight is 374 g/mol.